The highest BCUT2D eigenvalue weighted by molar-refractivity contribution is 6.14. The first-order chi connectivity index (χ1) is 12.1. The zero-order valence-corrected chi connectivity index (χ0v) is 13.9. The van der Waals surface area contributed by atoms with Gasteiger partial charge in [-0.15, -0.1) is 0 Å². The van der Waals surface area contributed by atoms with Crippen LogP contribution < -0.4 is 9.47 Å². The number of pyridine rings is 1. The SMILES string of the molecule is CCOC(=O)C(C)Oc1ccc2c(c1)O/C(=C\c1cccnc1)C2=O. The van der Waals surface area contributed by atoms with Gasteiger partial charge in [-0.2, -0.15) is 0 Å². The number of nitrogens with zero attached hydrogens (tertiary/aromatic N) is 1. The van der Waals surface area contributed by atoms with Crippen molar-refractivity contribution in [2.24, 2.45) is 0 Å². The van der Waals surface area contributed by atoms with Gasteiger partial charge in [0.25, 0.3) is 0 Å². The lowest BCUT2D eigenvalue weighted by Crippen LogP contribution is -2.26. The summed E-state index contributed by atoms with van der Waals surface area (Å²) >= 11 is 0. The summed E-state index contributed by atoms with van der Waals surface area (Å²) in [7, 11) is 0. The van der Waals surface area contributed by atoms with Crippen molar-refractivity contribution < 1.29 is 23.8 Å². The summed E-state index contributed by atoms with van der Waals surface area (Å²) in [4.78, 5) is 28.0. The summed E-state index contributed by atoms with van der Waals surface area (Å²) in [6, 6.07) is 8.45. The monoisotopic (exact) mass is 339 g/mol. The number of ether oxygens (including phenoxy) is 3. The molecule has 1 atom stereocenters. The first kappa shape index (κ1) is 16.7. The second kappa shape index (κ2) is 7.17. The third kappa shape index (κ3) is 3.68. The molecule has 0 spiro atoms. The number of esters is 1. The lowest BCUT2D eigenvalue weighted by atomic mass is 10.1. The molecule has 1 aromatic carbocycles. The van der Waals surface area contributed by atoms with Crippen LogP contribution in [-0.4, -0.2) is 29.4 Å². The number of hydrogen-bond donors (Lipinski definition) is 0. The number of rotatable bonds is 5. The minimum atomic E-state index is -0.750. The smallest absolute Gasteiger partial charge is 0.347 e. The van der Waals surface area contributed by atoms with E-state index in [1.807, 2.05) is 6.07 Å². The Bertz CT molecular complexity index is 829. The van der Waals surface area contributed by atoms with Gasteiger partial charge in [-0.25, -0.2) is 4.79 Å². The van der Waals surface area contributed by atoms with E-state index < -0.39 is 12.1 Å². The minimum Gasteiger partial charge on any atom is -0.479 e. The van der Waals surface area contributed by atoms with Crippen LogP contribution in [0.15, 0.2) is 48.5 Å². The third-order valence-corrected chi connectivity index (χ3v) is 3.55. The van der Waals surface area contributed by atoms with Crippen LogP contribution in [0.25, 0.3) is 6.08 Å². The molecule has 128 valence electrons. The fourth-order valence-corrected chi connectivity index (χ4v) is 2.37. The zero-order chi connectivity index (χ0) is 17.8. The van der Waals surface area contributed by atoms with Crippen molar-refractivity contribution >= 4 is 17.8 Å². The minimum absolute atomic E-state index is 0.205. The van der Waals surface area contributed by atoms with E-state index in [-0.39, 0.29) is 18.1 Å². The van der Waals surface area contributed by atoms with Crippen molar-refractivity contribution in [1.82, 2.24) is 4.98 Å². The molecule has 2 aromatic rings. The van der Waals surface area contributed by atoms with Crippen molar-refractivity contribution in [3.63, 3.8) is 0 Å². The Hall–Kier alpha value is -3.15. The molecule has 0 N–H and O–H groups in total. The first-order valence-corrected chi connectivity index (χ1v) is 7.90. The molecule has 6 heteroatoms. The number of Topliss-reactive ketones (excluding diaryl/α,β-unsaturated/α-hetero) is 1. The maximum absolute atomic E-state index is 12.4. The molecular formula is C19H17NO5. The Balaban J connectivity index is 1.78. The standard InChI is InChI=1S/C19H17NO5/c1-3-23-19(22)12(2)24-14-6-7-15-16(10-14)25-17(18(15)21)9-13-5-4-8-20-11-13/h4-12H,3H2,1-2H3/b17-9-. The lowest BCUT2D eigenvalue weighted by molar-refractivity contribution is -0.150. The second-order valence-corrected chi connectivity index (χ2v) is 5.40. The average molecular weight is 339 g/mol. The van der Waals surface area contributed by atoms with Gasteiger partial charge >= 0.3 is 5.97 Å². The van der Waals surface area contributed by atoms with Gasteiger partial charge in [-0.05, 0) is 43.7 Å². The molecule has 1 aromatic heterocycles. The molecule has 3 rings (SSSR count). The van der Waals surface area contributed by atoms with Crippen LogP contribution >= 0.6 is 0 Å². The van der Waals surface area contributed by atoms with Crippen molar-refractivity contribution in [1.29, 1.82) is 0 Å². The largest absolute Gasteiger partial charge is 0.479 e. The number of benzene rings is 1. The summed E-state index contributed by atoms with van der Waals surface area (Å²) in [5.74, 6) is 0.392. The Kier molecular flexibility index (Phi) is 4.79. The molecule has 0 aliphatic carbocycles. The number of ketones is 1. The van der Waals surface area contributed by atoms with E-state index in [4.69, 9.17) is 14.2 Å². The number of fused-ring (bicyclic) bond motifs is 1. The normalized spacial score (nSPS) is 15.4. The molecule has 6 nitrogen and oxygen atoms in total. The van der Waals surface area contributed by atoms with Gasteiger partial charge in [0.05, 0.1) is 12.2 Å². The van der Waals surface area contributed by atoms with Crippen LogP contribution in [0, 0.1) is 0 Å². The molecule has 2 heterocycles. The summed E-state index contributed by atoms with van der Waals surface area (Å²) in [6.45, 7) is 3.62. The van der Waals surface area contributed by atoms with Gasteiger partial charge in [-0.3, -0.25) is 9.78 Å². The van der Waals surface area contributed by atoms with Crippen molar-refractivity contribution in [2.45, 2.75) is 20.0 Å². The van der Waals surface area contributed by atoms with E-state index in [9.17, 15) is 9.59 Å². The molecule has 1 aliphatic heterocycles. The number of carbonyl (C=O) groups excluding carboxylic acids is 2. The number of aromatic nitrogens is 1. The van der Waals surface area contributed by atoms with Crippen LogP contribution in [-0.2, 0) is 9.53 Å². The molecule has 0 fully saturated rings. The predicted molar refractivity (Wildman–Crippen MR) is 90.3 cm³/mol. The van der Waals surface area contributed by atoms with Gasteiger partial charge in [0.2, 0.25) is 5.78 Å². The molecule has 25 heavy (non-hydrogen) atoms. The van der Waals surface area contributed by atoms with Gasteiger partial charge in [0.1, 0.15) is 11.5 Å². The quantitative estimate of drug-likeness (QED) is 0.616. The van der Waals surface area contributed by atoms with Crippen molar-refractivity contribution in [2.75, 3.05) is 6.61 Å². The van der Waals surface area contributed by atoms with E-state index in [1.54, 1.807) is 56.6 Å². The van der Waals surface area contributed by atoms with Gasteiger partial charge in [-0.1, -0.05) is 6.07 Å². The number of allylic oxidation sites excluding steroid dienone is 1. The molecule has 1 aliphatic rings. The molecule has 0 saturated carbocycles. The van der Waals surface area contributed by atoms with Gasteiger partial charge < -0.3 is 14.2 Å². The highest BCUT2D eigenvalue weighted by atomic mass is 16.6. The zero-order valence-electron chi connectivity index (χ0n) is 13.9. The molecule has 0 amide bonds. The van der Waals surface area contributed by atoms with Gasteiger partial charge in [0, 0.05) is 18.5 Å². The van der Waals surface area contributed by atoms with E-state index in [1.165, 1.54) is 0 Å². The Morgan fingerprint density at radius 2 is 2.20 bits per heavy atom. The molecule has 1 unspecified atom stereocenters. The van der Waals surface area contributed by atoms with E-state index >= 15 is 0 Å². The lowest BCUT2D eigenvalue weighted by Gasteiger charge is -2.13. The Morgan fingerprint density at radius 1 is 1.36 bits per heavy atom. The summed E-state index contributed by atoms with van der Waals surface area (Å²) in [5, 5.41) is 0. The highest BCUT2D eigenvalue weighted by Crippen LogP contribution is 2.35. The summed E-state index contributed by atoms with van der Waals surface area (Å²) < 4.78 is 16.1. The highest BCUT2D eigenvalue weighted by Gasteiger charge is 2.28. The van der Waals surface area contributed by atoms with Crippen molar-refractivity contribution in [3.8, 4) is 11.5 Å². The van der Waals surface area contributed by atoms with Crippen LogP contribution in [0.3, 0.4) is 0 Å². The molecule has 0 saturated heterocycles. The van der Waals surface area contributed by atoms with Crippen LogP contribution in [0.2, 0.25) is 0 Å². The Morgan fingerprint density at radius 3 is 2.92 bits per heavy atom. The van der Waals surface area contributed by atoms with E-state index in [0.29, 0.717) is 17.1 Å². The third-order valence-electron chi connectivity index (χ3n) is 3.55. The predicted octanol–water partition coefficient (Wildman–Crippen LogP) is 3.03. The maximum Gasteiger partial charge on any atom is 0.347 e. The summed E-state index contributed by atoms with van der Waals surface area (Å²) in [5.41, 5.74) is 1.22. The van der Waals surface area contributed by atoms with Crippen LogP contribution in [0.4, 0.5) is 0 Å². The number of carbonyl (C=O) groups is 2. The number of hydrogen-bond acceptors (Lipinski definition) is 6. The molecule has 0 bridgehead atoms. The maximum atomic E-state index is 12.4. The second-order valence-electron chi connectivity index (χ2n) is 5.40. The van der Waals surface area contributed by atoms with E-state index in [0.717, 1.165) is 5.56 Å². The van der Waals surface area contributed by atoms with E-state index in [2.05, 4.69) is 4.98 Å². The summed E-state index contributed by atoms with van der Waals surface area (Å²) in [6.07, 6.45) is 4.18. The van der Waals surface area contributed by atoms with Crippen LogP contribution in [0.1, 0.15) is 29.8 Å². The van der Waals surface area contributed by atoms with Crippen molar-refractivity contribution in [3.05, 3.63) is 59.6 Å². The van der Waals surface area contributed by atoms with Crippen LogP contribution in [0.5, 0.6) is 11.5 Å². The Labute approximate surface area is 145 Å². The molecule has 0 radical (unpaired) electrons. The van der Waals surface area contributed by atoms with Gasteiger partial charge in [0.15, 0.2) is 11.9 Å². The fourth-order valence-electron chi connectivity index (χ4n) is 2.37. The topological polar surface area (TPSA) is 74.7 Å². The molecular weight excluding hydrogens is 322 g/mol. The average Bonchev–Trinajstić information content (AvgIpc) is 2.91. The fraction of sp³-hybridized carbons (Fsp3) is 0.211. The first-order valence-electron chi connectivity index (χ1n) is 7.90.